The summed E-state index contributed by atoms with van der Waals surface area (Å²) < 4.78 is 41.3. The smallest absolute Gasteiger partial charge is 0.380 e. The number of alkyl halides is 3. The number of hydrogen-bond acceptors (Lipinski definition) is 2. The third kappa shape index (κ3) is 2.12. The monoisotopic (exact) mass is 370 g/mol. The summed E-state index contributed by atoms with van der Waals surface area (Å²) in [6.07, 6.45) is 0.821. The molecule has 2 unspecified atom stereocenters. The largest absolute Gasteiger partial charge is 0.417 e. The first-order valence-corrected chi connectivity index (χ1v) is 9.97. The van der Waals surface area contributed by atoms with Gasteiger partial charge in [0.1, 0.15) is 0 Å². The predicted molar refractivity (Wildman–Crippen MR) is 92.3 cm³/mol. The molecule has 0 bridgehead atoms. The fourth-order valence-electron chi connectivity index (χ4n) is 7.39. The van der Waals surface area contributed by atoms with Gasteiger partial charge in [-0.15, -0.1) is 0 Å². The Kier molecular flexibility index (Phi) is 3.82. The molecule has 0 aromatic carbocycles. The van der Waals surface area contributed by atoms with Crippen LogP contribution in [-0.4, -0.2) is 22.7 Å². The Morgan fingerprint density at radius 2 is 1.77 bits per heavy atom. The van der Waals surface area contributed by atoms with Crippen molar-refractivity contribution in [1.82, 2.24) is 0 Å². The molecule has 3 saturated carbocycles. The molecule has 1 N–H and O–H groups in total. The van der Waals surface area contributed by atoms with Gasteiger partial charge in [0.25, 0.3) is 0 Å². The minimum absolute atomic E-state index is 0.0641. The number of aliphatic hydroxyl groups is 1. The van der Waals surface area contributed by atoms with Gasteiger partial charge in [-0.2, -0.15) is 13.2 Å². The number of fused-ring (bicyclic) bond motifs is 5. The number of carbonyl (C=O) groups excluding carboxylic acids is 1. The van der Waals surface area contributed by atoms with E-state index in [1.54, 1.807) is 6.92 Å². The molecule has 4 aliphatic carbocycles. The summed E-state index contributed by atoms with van der Waals surface area (Å²) in [7, 11) is 0. The van der Waals surface area contributed by atoms with Crippen LogP contribution < -0.4 is 0 Å². The van der Waals surface area contributed by atoms with E-state index in [-0.39, 0.29) is 35.4 Å². The highest BCUT2D eigenvalue weighted by Gasteiger charge is 2.72. The Balaban J connectivity index is 1.74. The molecule has 26 heavy (non-hydrogen) atoms. The van der Waals surface area contributed by atoms with Gasteiger partial charge in [-0.3, -0.25) is 4.79 Å². The van der Waals surface area contributed by atoms with E-state index in [2.05, 4.69) is 13.8 Å². The number of rotatable bonds is 0. The SMILES string of the molecule is CC1CC2=CC(=O)CC[C@]2(C)[C@@H]2CC[C@@]3(C)[C@@H](CCC3(O)C(F)(F)F)[C@H]12. The zero-order valence-corrected chi connectivity index (χ0v) is 15.8. The van der Waals surface area contributed by atoms with Crippen molar-refractivity contribution < 1.29 is 23.1 Å². The molecule has 0 aromatic heterocycles. The first-order chi connectivity index (χ1) is 11.9. The summed E-state index contributed by atoms with van der Waals surface area (Å²) in [5.41, 5.74) is -2.50. The highest BCUT2D eigenvalue weighted by atomic mass is 19.4. The maximum absolute atomic E-state index is 13.8. The van der Waals surface area contributed by atoms with Crippen molar-refractivity contribution in [2.75, 3.05) is 0 Å². The molecule has 0 saturated heterocycles. The number of carbonyl (C=O) groups is 1. The van der Waals surface area contributed by atoms with Crippen LogP contribution in [0.1, 0.15) is 65.7 Å². The minimum atomic E-state index is -4.58. The molecule has 4 aliphatic rings. The van der Waals surface area contributed by atoms with Crippen LogP contribution in [0.2, 0.25) is 0 Å². The topological polar surface area (TPSA) is 37.3 Å². The zero-order chi connectivity index (χ0) is 19.1. The first-order valence-electron chi connectivity index (χ1n) is 9.97. The van der Waals surface area contributed by atoms with Gasteiger partial charge in [-0.25, -0.2) is 0 Å². The molecule has 5 heteroatoms. The average molecular weight is 370 g/mol. The Bertz CT molecular complexity index is 669. The van der Waals surface area contributed by atoms with Gasteiger partial charge >= 0.3 is 6.18 Å². The minimum Gasteiger partial charge on any atom is -0.380 e. The quantitative estimate of drug-likeness (QED) is 0.647. The van der Waals surface area contributed by atoms with Crippen molar-refractivity contribution in [3.63, 3.8) is 0 Å². The van der Waals surface area contributed by atoms with E-state index in [9.17, 15) is 23.1 Å². The van der Waals surface area contributed by atoms with Crippen LogP contribution in [0.3, 0.4) is 0 Å². The molecule has 0 aliphatic heterocycles. The van der Waals surface area contributed by atoms with E-state index in [0.717, 1.165) is 12.8 Å². The molecule has 0 radical (unpaired) electrons. The lowest BCUT2D eigenvalue weighted by Gasteiger charge is -2.61. The lowest BCUT2D eigenvalue weighted by molar-refractivity contribution is -0.304. The van der Waals surface area contributed by atoms with Crippen molar-refractivity contribution in [3.8, 4) is 0 Å². The third-order valence-corrected chi connectivity index (χ3v) is 8.93. The average Bonchev–Trinajstić information content (AvgIpc) is 2.82. The molecule has 0 heterocycles. The van der Waals surface area contributed by atoms with Crippen molar-refractivity contribution in [2.24, 2.45) is 34.5 Å². The summed E-state index contributed by atoms with van der Waals surface area (Å²) >= 11 is 0. The van der Waals surface area contributed by atoms with Crippen LogP contribution in [0.25, 0.3) is 0 Å². The molecular weight excluding hydrogens is 341 g/mol. The third-order valence-electron chi connectivity index (χ3n) is 8.93. The number of ketones is 1. The van der Waals surface area contributed by atoms with Crippen LogP contribution in [0.4, 0.5) is 13.2 Å². The molecule has 0 spiro atoms. The summed E-state index contributed by atoms with van der Waals surface area (Å²) in [5.74, 6) is 0.861. The van der Waals surface area contributed by atoms with Gasteiger partial charge in [-0.05, 0) is 73.7 Å². The molecule has 0 aromatic rings. The molecule has 7 atom stereocenters. The van der Waals surface area contributed by atoms with E-state index >= 15 is 0 Å². The number of hydrogen-bond donors (Lipinski definition) is 1. The maximum atomic E-state index is 13.8. The van der Waals surface area contributed by atoms with Gasteiger partial charge in [0.05, 0.1) is 0 Å². The van der Waals surface area contributed by atoms with E-state index in [0.29, 0.717) is 31.6 Å². The fourth-order valence-corrected chi connectivity index (χ4v) is 7.39. The number of allylic oxidation sites excluding steroid dienone is 1. The second kappa shape index (κ2) is 5.36. The zero-order valence-electron chi connectivity index (χ0n) is 15.8. The van der Waals surface area contributed by atoms with Crippen LogP contribution >= 0.6 is 0 Å². The molecule has 0 amide bonds. The molecule has 3 fully saturated rings. The summed E-state index contributed by atoms with van der Waals surface area (Å²) in [6.45, 7) is 6.04. The second-order valence-corrected chi connectivity index (χ2v) is 9.88. The molecule has 4 rings (SSSR count). The van der Waals surface area contributed by atoms with E-state index in [1.807, 2.05) is 6.08 Å². The Labute approximate surface area is 153 Å². The van der Waals surface area contributed by atoms with E-state index in [1.165, 1.54) is 5.57 Å². The van der Waals surface area contributed by atoms with Gasteiger partial charge in [0.15, 0.2) is 11.4 Å². The van der Waals surface area contributed by atoms with Crippen LogP contribution in [0, 0.1) is 34.5 Å². The van der Waals surface area contributed by atoms with Gasteiger partial charge in [0.2, 0.25) is 0 Å². The van der Waals surface area contributed by atoms with Gasteiger partial charge in [0, 0.05) is 11.8 Å². The van der Waals surface area contributed by atoms with Crippen LogP contribution in [-0.2, 0) is 4.79 Å². The van der Waals surface area contributed by atoms with E-state index in [4.69, 9.17) is 0 Å². The van der Waals surface area contributed by atoms with Crippen LogP contribution in [0.5, 0.6) is 0 Å². The summed E-state index contributed by atoms with van der Waals surface area (Å²) in [4.78, 5) is 11.9. The predicted octanol–water partition coefficient (Wildman–Crippen LogP) is 5.06. The summed E-state index contributed by atoms with van der Waals surface area (Å²) in [6, 6.07) is 0. The Hall–Kier alpha value is -0.840. The molecule has 146 valence electrons. The first kappa shape index (κ1) is 18.5. The highest BCUT2D eigenvalue weighted by Crippen LogP contribution is 2.70. The Morgan fingerprint density at radius 3 is 2.42 bits per heavy atom. The van der Waals surface area contributed by atoms with Crippen molar-refractivity contribution in [3.05, 3.63) is 11.6 Å². The molecular formula is C21H29F3O2. The lowest BCUT2D eigenvalue weighted by atomic mass is 9.44. The standard InChI is InChI=1S/C21H29F3O2/c1-12-10-13-11-14(25)4-7-18(13,2)15-5-8-19(3)16(17(12)15)6-9-20(19,26)21(22,23)24/h11-12,15-17,26H,4-10H2,1-3H3/t12?,15-,16+,17-,18+,19+,20?/m1/s1. The van der Waals surface area contributed by atoms with Gasteiger partial charge < -0.3 is 5.11 Å². The van der Waals surface area contributed by atoms with E-state index < -0.39 is 17.2 Å². The maximum Gasteiger partial charge on any atom is 0.417 e. The Morgan fingerprint density at radius 1 is 1.12 bits per heavy atom. The van der Waals surface area contributed by atoms with Gasteiger partial charge in [-0.1, -0.05) is 26.3 Å². The summed E-state index contributed by atoms with van der Waals surface area (Å²) in [5, 5.41) is 10.7. The van der Waals surface area contributed by atoms with Crippen LogP contribution in [0.15, 0.2) is 11.6 Å². The van der Waals surface area contributed by atoms with Crippen molar-refractivity contribution in [2.45, 2.75) is 77.5 Å². The normalized spacial score (nSPS) is 51.3. The highest BCUT2D eigenvalue weighted by molar-refractivity contribution is 5.91. The second-order valence-electron chi connectivity index (χ2n) is 9.88. The fraction of sp³-hybridized carbons (Fsp3) is 0.857. The molecule has 2 nitrogen and oxygen atoms in total. The van der Waals surface area contributed by atoms with Crippen molar-refractivity contribution >= 4 is 5.78 Å². The lowest BCUT2D eigenvalue weighted by Crippen LogP contribution is -2.61. The van der Waals surface area contributed by atoms with Crippen molar-refractivity contribution in [1.29, 1.82) is 0 Å². The number of halogens is 3.